The van der Waals surface area contributed by atoms with E-state index < -0.39 is 11.7 Å². The summed E-state index contributed by atoms with van der Waals surface area (Å²) in [4.78, 5) is 31.8. The average Bonchev–Trinajstić information content (AvgIpc) is 2.73. The van der Waals surface area contributed by atoms with Crippen molar-refractivity contribution in [3.8, 4) is 0 Å². The summed E-state index contributed by atoms with van der Waals surface area (Å²) in [7, 11) is 0. The van der Waals surface area contributed by atoms with Crippen LogP contribution in [-0.4, -0.2) is 54.4 Å². The van der Waals surface area contributed by atoms with Gasteiger partial charge < -0.3 is 15.1 Å². The van der Waals surface area contributed by atoms with Crippen molar-refractivity contribution in [2.24, 2.45) is 0 Å². The summed E-state index contributed by atoms with van der Waals surface area (Å²) >= 11 is 9.30. The Kier molecular flexibility index (Phi) is 7.42. The van der Waals surface area contributed by atoms with Crippen LogP contribution in [0.15, 0.2) is 41.0 Å². The van der Waals surface area contributed by atoms with E-state index in [2.05, 4.69) is 26.2 Å². The van der Waals surface area contributed by atoms with E-state index in [4.69, 9.17) is 11.6 Å². The number of benzene rings is 1. The molecule has 0 bridgehead atoms. The van der Waals surface area contributed by atoms with Gasteiger partial charge in [-0.25, -0.2) is 4.98 Å². The molecule has 2 aromatic rings. The fourth-order valence-corrected chi connectivity index (χ4v) is 3.68. The van der Waals surface area contributed by atoms with Crippen LogP contribution in [0.3, 0.4) is 0 Å². The third-order valence-corrected chi connectivity index (χ3v) is 5.62. The van der Waals surface area contributed by atoms with Crippen molar-refractivity contribution >= 4 is 45.2 Å². The fraction of sp³-hybridized carbons (Fsp3) is 0.350. The van der Waals surface area contributed by atoms with Gasteiger partial charge in [-0.2, -0.15) is 13.2 Å². The number of anilines is 1. The van der Waals surface area contributed by atoms with Crippen molar-refractivity contribution < 1.29 is 22.8 Å². The first-order valence-corrected chi connectivity index (χ1v) is 10.6. The van der Waals surface area contributed by atoms with Crippen molar-refractivity contribution in [3.05, 3.63) is 57.2 Å². The number of pyridine rings is 1. The number of amides is 2. The molecule has 2 amide bonds. The van der Waals surface area contributed by atoms with Gasteiger partial charge >= 0.3 is 6.18 Å². The molecule has 0 saturated carbocycles. The Morgan fingerprint density at radius 2 is 1.77 bits per heavy atom. The number of rotatable bonds is 5. The van der Waals surface area contributed by atoms with Crippen LogP contribution in [0.4, 0.5) is 19.0 Å². The smallest absolute Gasteiger partial charge is 0.352 e. The lowest BCUT2D eigenvalue weighted by Crippen LogP contribution is -2.49. The van der Waals surface area contributed by atoms with Crippen molar-refractivity contribution in [1.29, 1.82) is 0 Å². The SMILES string of the molecule is O=C(NCCC(=O)N1CCN(c2ncc(C(F)(F)F)cc2Cl)CC1)c1ccc(Br)cc1. The zero-order chi connectivity index (χ0) is 22.6. The lowest BCUT2D eigenvalue weighted by Gasteiger charge is -2.36. The predicted molar refractivity (Wildman–Crippen MR) is 114 cm³/mol. The summed E-state index contributed by atoms with van der Waals surface area (Å²) in [6.07, 6.45) is -3.60. The van der Waals surface area contributed by atoms with Crippen molar-refractivity contribution in [3.63, 3.8) is 0 Å². The van der Waals surface area contributed by atoms with Crippen LogP contribution in [0.1, 0.15) is 22.3 Å². The van der Waals surface area contributed by atoms with Crippen LogP contribution in [0, 0.1) is 0 Å². The quantitative estimate of drug-likeness (QED) is 0.649. The maximum absolute atomic E-state index is 12.8. The molecule has 6 nitrogen and oxygen atoms in total. The lowest BCUT2D eigenvalue weighted by molar-refractivity contribution is -0.137. The molecule has 1 fully saturated rings. The summed E-state index contributed by atoms with van der Waals surface area (Å²) in [5.41, 5.74) is -0.398. The highest BCUT2D eigenvalue weighted by atomic mass is 79.9. The van der Waals surface area contributed by atoms with Gasteiger partial charge in [-0.1, -0.05) is 27.5 Å². The molecular formula is C20H19BrClF3N4O2. The first-order chi connectivity index (χ1) is 14.6. The first kappa shape index (κ1) is 23.3. The third kappa shape index (κ3) is 6.10. The molecule has 31 heavy (non-hydrogen) atoms. The molecule has 11 heteroatoms. The Morgan fingerprint density at radius 3 is 2.35 bits per heavy atom. The Labute approximate surface area is 190 Å². The first-order valence-electron chi connectivity index (χ1n) is 9.44. The zero-order valence-corrected chi connectivity index (χ0v) is 18.6. The number of piperazine rings is 1. The largest absolute Gasteiger partial charge is 0.417 e. The molecule has 3 rings (SSSR count). The molecule has 1 aromatic heterocycles. The van der Waals surface area contributed by atoms with Crippen LogP contribution in [-0.2, 0) is 11.0 Å². The molecule has 0 unspecified atom stereocenters. The van der Waals surface area contributed by atoms with Gasteiger partial charge in [-0.15, -0.1) is 0 Å². The van der Waals surface area contributed by atoms with Gasteiger partial charge in [0, 0.05) is 55.4 Å². The van der Waals surface area contributed by atoms with E-state index in [0.717, 1.165) is 16.7 Å². The number of hydrogen-bond donors (Lipinski definition) is 1. The Balaban J connectivity index is 1.46. The number of carbonyl (C=O) groups is 2. The molecule has 0 radical (unpaired) electrons. The van der Waals surface area contributed by atoms with Gasteiger partial charge in [0.15, 0.2) is 0 Å². The third-order valence-electron chi connectivity index (χ3n) is 4.81. The van der Waals surface area contributed by atoms with E-state index in [9.17, 15) is 22.8 Å². The zero-order valence-electron chi connectivity index (χ0n) is 16.3. The molecule has 0 aliphatic carbocycles. The Hall–Kier alpha value is -2.33. The number of alkyl halides is 3. The van der Waals surface area contributed by atoms with E-state index >= 15 is 0 Å². The maximum Gasteiger partial charge on any atom is 0.417 e. The van der Waals surface area contributed by atoms with Crippen LogP contribution < -0.4 is 10.2 Å². The number of aromatic nitrogens is 1. The second-order valence-corrected chi connectivity index (χ2v) is 8.23. The monoisotopic (exact) mass is 518 g/mol. The average molecular weight is 520 g/mol. The van der Waals surface area contributed by atoms with E-state index in [1.165, 1.54) is 0 Å². The molecule has 2 heterocycles. The van der Waals surface area contributed by atoms with Crippen LogP contribution in [0.25, 0.3) is 0 Å². The topological polar surface area (TPSA) is 65.5 Å². The normalized spacial score (nSPS) is 14.5. The van der Waals surface area contributed by atoms with Crippen molar-refractivity contribution in [2.45, 2.75) is 12.6 Å². The minimum Gasteiger partial charge on any atom is -0.352 e. The second kappa shape index (κ2) is 9.86. The number of carbonyl (C=O) groups excluding carboxylic acids is 2. The highest BCUT2D eigenvalue weighted by Crippen LogP contribution is 2.33. The summed E-state index contributed by atoms with van der Waals surface area (Å²) in [6.45, 7) is 1.78. The molecule has 1 N–H and O–H groups in total. The Bertz CT molecular complexity index is 948. The molecule has 166 valence electrons. The van der Waals surface area contributed by atoms with Gasteiger partial charge in [0.2, 0.25) is 5.91 Å². The summed E-state index contributed by atoms with van der Waals surface area (Å²) < 4.78 is 39.2. The highest BCUT2D eigenvalue weighted by molar-refractivity contribution is 9.10. The minimum atomic E-state index is -4.51. The molecule has 1 saturated heterocycles. The lowest BCUT2D eigenvalue weighted by atomic mass is 10.2. The summed E-state index contributed by atoms with van der Waals surface area (Å²) in [5, 5.41) is 2.64. The van der Waals surface area contributed by atoms with Gasteiger partial charge in [0.05, 0.1) is 10.6 Å². The van der Waals surface area contributed by atoms with E-state index in [-0.39, 0.29) is 35.6 Å². The molecule has 0 spiro atoms. The van der Waals surface area contributed by atoms with Gasteiger partial charge in [-0.05, 0) is 30.3 Å². The molecule has 1 aliphatic rings. The van der Waals surface area contributed by atoms with Crippen molar-refractivity contribution in [1.82, 2.24) is 15.2 Å². The minimum absolute atomic E-state index is 0.0785. The fourth-order valence-electron chi connectivity index (χ4n) is 3.13. The second-order valence-electron chi connectivity index (χ2n) is 6.91. The van der Waals surface area contributed by atoms with Gasteiger partial charge in [-0.3, -0.25) is 9.59 Å². The Morgan fingerprint density at radius 1 is 1.13 bits per heavy atom. The number of hydrogen-bond acceptors (Lipinski definition) is 4. The number of nitrogens with zero attached hydrogens (tertiary/aromatic N) is 3. The van der Waals surface area contributed by atoms with Gasteiger partial charge in [0.1, 0.15) is 5.82 Å². The van der Waals surface area contributed by atoms with E-state index in [0.29, 0.717) is 31.7 Å². The molecule has 0 atom stereocenters. The van der Waals surface area contributed by atoms with Gasteiger partial charge in [0.25, 0.3) is 5.91 Å². The van der Waals surface area contributed by atoms with Crippen LogP contribution >= 0.6 is 27.5 Å². The molecule has 1 aromatic carbocycles. The number of halogens is 5. The summed E-state index contributed by atoms with van der Waals surface area (Å²) in [6, 6.07) is 7.74. The van der Waals surface area contributed by atoms with E-state index in [1.807, 2.05) is 0 Å². The van der Waals surface area contributed by atoms with Crippen molar-refractivity contribution in [2.75, 3.05) is 37.6 Å². The highest BCUT2D eigenvalue weighted by Gasteiger charge is 2.32. The van der Waals surface area contributed by atoms with Crippen LogP contribution in [0.2, 0.25) is 5.02 Å². The molecule has 1 aliphatic heterocycles. The standard InChI is InChI=1S/C20H19BrClF3N4O2/c21-15-3-1-13(2-4-15)19(31)26-6-5-17(30)28-7-9-29(10-8-28)18-16(22)11-14(12-27-18)20(23,24)25/h1-4,11-12H,5-10H2,(H,26,31). The maximum atomic E-state index is 12.8. The van der Waals surface area contributed by atoms with Crippen LogP contribution in [0.5, 0.6) is 0 Å². The summed E-state index contributed by atoms with van der Waals surface area (Å²) in [5.74, 6) is -0.0982. The predicted octanol–water partition coefficient (Wildman–Crippen LogP) is 3.99. The number of nitrogens with one attached hydrogen (secondary N) is 1. The molecular weight excluding hydrogens is 501 g/mol. The van der Waals surface area contributed by atoms with E-state index in [1.54, 1.807) is 34.1 Å².